The zero-order chi connectivity index (χ0) is 15.6. The van der Waals surface area contributed by atoms with E-state index in [1.165, 1.54) is 24.3 Å². The highest BCUT2D eigenvalue weighted by Crippen LogP contribution is 2.32. The van der Waals surface area contributed by atoms with Gasteiger partial charge in [0, 0.05) is 0 Å². The van der Waals surface area contributed by atoms with Crippen molar-refractivity contribution in [2.45, 2.75) is 4.90 Å². The summed E-state index contributed by atoms with van der Waals surface area (Å²) in [6, 6.07) is 9.02. The number of sulfonamides is 1. The third kappa shape index (κ3) is 3.49. The Morgan fingerprint density at radius 2 is 1.86 bits per heavy atom. The zero-order valence-electron chi connectivity index (χ0n) is 10.4. The van der Waals surface area contributed by atoms with Crippen LogP contribution in [0.25, 0.3) is 0 Å². The van der Waals surface area contributed by atoms with Crippen molar-refractivity contribution in [1.29, 1.82) is 5.26 Å². The summed E-state index contributed by atoms with van der Waals surface area (Å²) in [6.45, 7) is 0. The molecule has 0 atom stereocenters. The quantitative estimate of drug-likeness (QED) is 0.938. The summed E-state index contributed by atoms with van der Waals surface area (Å²) in [5.41, 5.74) is 0.149. The van der Waals surface area contributed by atoms with Crippen LogP contribution in [0.1, 0.15) is 5.56 Å². The molecule has 0 bridgehead atoms. The van der Waals surface area contributed by atoms with Crippen LogP contribution in [0, 0.1) is 17.1 Å². The molecule has 0 aliphatic carbocycles. The van der Waals surface area contributed by atoms with Crippen LogP contribution < -0.4 is 9.88 Å². The van der Waals surface area contributed by atoms with Gasteiger partial charge in [0.25, 0.3) is 0 Å². The normalized spacial score (nSPS) is 11.0. The molecule has 0 unspecified atom stereocenters. The monoisotopic (exact) mass is 326 g/mol. The molecular weight excluding hydrogens is 319 g/mol. The lowest BCUT2D eigenvalue weighted by Crippen LogP contribution is -2.11. The number of nitriles is 1. The fourth-order valence-corrected chi connectivity index (χ4v) is 2.34. The highest BCUT2D eigenvalue weighted by molar-refractivity contribution is 7.89. The molecule has 0 aliphatic heterocycles. The maximum atomic E-state index is 13.7. The molecule has 0 aliphatic rings. The van der Waals surface area contributed by atoms with Gasteiger partial charge in [0.1, 0.15) is 5.75 Å². The summed E-state index contributed by atoms with van der Waals surface area (Å²) >= 11 is 5.88. The lowest BCUT2D eigenvalue weighted by atomic mass is 10.2. The molecule has 21 heavy (non-hydrogen) atoms. The van der Waals surface area contributed by atoms with Crippen molar-refractivity contribution in [3.05, 3.63) is 52.8 Å². The molecule has 0 spiro atoms. The van der Waals surface area contributed by atoms with Crippen molar-refractivity contribution in [3.8, 4) is 17.6 Å². The number of primary sulfonamides is 1. The summed E-state index contributed by atoms with van der Waals surface area (Å²) in [7, 11) is -3.88. The van der Waals surface area contributed by atoms with Crippen LogP contribution in [0.3, 0.4) is 0 Å². The Bertz CT molecular complexity index is 847. The topological polar surface area (TPSA) is 93.2 Å². The highest BCUT2D eigenvalue weighted by Gasteiger charge is 2.13. The Balaban J connectivity index is 2.35. The van der Waals surface area contributed by atoms with Gasteiger partial charge in [-0.25, -0.2) is 17.9 Å². The number of halogens is 2. The molecule has 2 N–H and O–H groups in total. The van der Waals surface area contributed by atoms with Crippen molar-refractivity contribution in [2.24, 2.45) is 5.14 Å². The fourth-order valence-electron chi connectivity index (χ4n) is 1.51. The average molecular weight is 327 g/mol. The maximum Gasteiger partial charge on any atom is 0.238 e. The number of benzene rings is 2. The fraction of sp³-hybridized carbons (Fsp3) is 0. The van der Waals surface area contributed by atoms with E-state index in [1.807, 2.05) is 0 Å². The SMILES string of the molecule is N#Cc1ccc(Oc2ccc(S(N)(=O)=O)cc2Cl)c(F)c1. The second-order valence-electron chi connectivity index (χ2n) is 4.00. The Morgan fingerprint density at radius 1 is 1.19 bits per heavy atom. The van der Waals surface area contributed by atoms with E-state index in [0.29, 0.717) is 0 Å². The Hall–Kier alpha value is -2.14. The number of nitrogens with zero attached hydrogens (tertiary/aromatic N) is 1. The first kappa shape index (κ1) is 15.3. The molecule has 0 saturated carbocycles. The van der Waals surface area contributed by atoms with Crippen LogP contribution in [-0.4, -0.2) is 8.42 Å². The van der Waals surface area contributed by atoms with Crippen LogP contribution in [-0.2, 0) is 10.0 Å². The standard InChI is InChI=1S/C13H8ClFN2O3S/c14-10-6-9(21(17,18)19)2-4-12(10)20-13-3-1-8(7-16)5-11(13)15/h1-6H,(H2,17,18,19). The first-order chi connectivity index (χ1) is 9.81. The van der Waals surface area contributed by atoms with Crippen LogP contribution in [0.5, 0.6) is 11.5 Å². The van der Waals surface area contributed by atoms with E-state index in [2.05, 4.69) is 0 Å². The van der Waals surface area contributed by atoms with E-state index < -0.39 is 15.8 Å². The molecule has 2 rings (SSSR count). The van der Waals surface area contributed by atoms with Crippen LogP contribution in [0.15, 0.2) is 41.3 Å². The molecule has 0 heterocycles. The molecule has 2 aromatic carbocycles. The number of rotatable bonds is 3. The Labute approximate surface area is 125 Å². The van der Waals surface area contributed by atoms with Crippen molar-refractivity contribution in [1.82, 2.24) is 0 Å². The van der Waals surface area contributed by atoms with Crippen LogP contribution >= 0.6 is 11.6 Å². The third-order valence-corrected chi connectivity index (χ3v) is 3.72. The molecule has 8 heteroatoms. The largest absolute Gasteiger partial charge is 0.453 e. The predicted molar refractivity (Wildman–Crippen MR) is 74.0 cm³/mol. The van der Waals surface area contributed by atoms with Gasteiger partial charge in [-0.2, -0.15) is 5.26 Å². The Kier molecular flexibility index (Phi) is 4.14. The van der Waals surface area contributed by atoms with E-state index in [1.54, 1.807) is 6.07 Å². The van der Waals surface area contributed by atoms with Crippen LogP contribution in [0.4, 0.5) is 4.39 Å². The second kappa shape index (κ2) is 5.69. The molecule has 0 fully saturated rings. The number of nitrogens with two attached hydrogens (primary N) is 1. The van der Waals surface area contributed by atoms with Crippen molar-refractivity contribution in [2.75, 3.05) is 0 Å². The molecule has 108 valence electrons. The molecule has 0 aromatic heterocycles. The van der Waals surface area contributed by atoms with Gasteiger partial charge in [-0.3, -0.25) is 0 Å². The lowest BCUT2D eigenvalue weighted by molar-refractivity contribution is 0.442. The summed E-state index contributed by atoms with van der Waals surface area (Å²) < 4.78 is 41.3. The van der Waals surface area contributed by atoms with Crippen molar-refractivity contribution < 1.29 is 17.5 Å². The van der Waals surface area contributed by atoms with Crippen molar-refractivity contribution >= 4 is 21.6 Å². The highest BCUT2D eigenvalue weighted by atomic mass is 35.5. The van der Waals surface area contributed by atoms with Gasteiger partial charge in [-0.15, -0.1) is 0 Å². The average Bonchev–Trinajstić information content (AvgIpc) is 2.41. The molecule has 0 radical (unpaired) electrons. The van der Waals surface area contributed by atoms with E-state index >= 15 is 0 Å². The van der Waals surface area contributed by atoms with E-state index in [9.17, 15) is 12.8 Å². The minimum absolute atomic E-state index is 0.0368. The van der Waals surface area contributed by atoms with Gasteiger partial charge < -0.3 is 4.74 Å². The molecule has 2 aromatic rings. The summed E-state index contributed by atoms with van der Waals surface area (Å²) in [4.78, 5) is -0.180. The minimum Gasteiger partial charge on any atom is -0.453 e. The van der Waals surface area contributed by atoms with E-state index in [4.69, 9.17) is 26.7 Å². The lowest BCUT2D eigenvalue weighted by Gasteiger charge is -2.09. The number of hydrogen-bond acceptors (Lipinski definition) is 4. The Morgan fingerprint density at radius 3 is 2.38 bits per heavy atom. The third-order valence-electron chi connectivity index (χ3n) is 2.51. The maximum absolute atomic E-state index is 13.7. The molecule has 0 saturated heterocycles. The molecule has 0 amide bonds. The smallest absolute Gasteiger partial charge is 0.238 e. The summed E-state index contributed by atoms with van der Waals surface area (Å²) in [5, 5.41) is 13.6. The van der Waals surface area contributed by atoms with E-state index in [-0.39, 0.29) is 27.0 Å². The second-order valence-corrected chi connectivity index (χ2v) is 5.96. The van der Waals surface area contributed by atoms with Gasteiger partial charge in [-0.1, -0.05) is 11.6 Å². The van der Waals surface area contributed by atoms with Gasteiger partial charge in [0.15, 0.2) is 11.6 Å². The van der Waals surface area contributed by atoms with Gasteiger partial charge >= 0.3 is 0 Å². The summed E-state index contributed by atoms with van der Waals surface area (Å²) in [6.07, 6.45) is 0. The molecular formula is C13H8ClFN2O3S. The van der Waals surface area contributed by atoms with Crippen LogP contribution in [0.2, 0.25) is 5.02 Å². The van der Waals surface area contributed by atoms with Crippen molar-refractivity contribution in [3.63, 3.8) is 0 Å². The molecule has 5 nitrogen and oxygen atoms in total. The van der Waals surface area contributed by atoms with Gasteiger partial charge in [0.05, 0.1) is 21.6 Å². The predicted octanol–water partition coefficient (Wildman–Crippen LogP) is 2.79. The minimum atomic E-state index is -3.88. The first-order valence-electron chi connectivity index (χ1n) is 5.51. The number of ether oxygens (including phenoxy) is 1. The summed E-state index contributed by atoms with van der Waals surface area (Å²) in [5.74, 6) is -0.812. The zero-order valence-corrected chi connectivity index (χ0v) is 12.0. The van der Waals surface area contributed by atoms with Gasteiger partial charge in [0.2, 0.25) is 10.0 Å². The van der Waals surface area contributed by atoms with Gasteiger partial charge in [-0.05, 0) is 36.4 Å². The number of hydrogen-bond donors (Lipinski definition) is 1. The van der Waals surface area contributed by atoms with E-state index in [0.717, 1.165) is 12.1 Å². The first-order valence-corrected chi connectivity index (χ1v) is 7.43.